The Morgan fingerprint density at radius 1 is 1.25 bits per heavy atom. The monoisotopic (exact) mass is 294 g/mol. The molecule has 108 valence electrons. The molecular formula is C15H19ClN2O2. The van der Waals surface area contributed by atoms with Gasteiger partial charge < -0.3 is 9.84 Å². The maximum absolute atomic E-state index is 10.0. The van der Waals surface area contributed by atoms with Crippen molar-refractivity contribution >= 4 is 11.6 Å². The van der Waals surface area contributed by atoms with Gasteiger partial charge in [-0.1, -0.05) is 11.6 Å². The second-order valence-corrected chi connectivity index (χ2v) is 5.33. The fraction of sp³-hybridized carbons (Fsp3) is 0.400. The lowest BCUT2D eigenvalue weighted by molar-refractivity contribution is 0.0887. The number of ether oxygens (including phenoxy) is 1. The maximum Gasteiger partial charge on any atom is 0.119 e. The van der Waals surface area contributed by atoms with Crippen LogP contribution in [0.15, 0.2) is 24.3 Å². The van der Waals surface area contributed by atoms with E-state index < -0.39 is 6.10 Å². The molecule has 2 aromatic rings. The van der Waals surface area contributed by atoms with E-state index >= 15 is 0 Å². The van der Waals surface area contributed by atoms with Crippen molar-refractivity contribution in [1.82, 2.24) is 9.78 Å². The first kappa shape index (κ1) is 14.9. The van der Waals surface area contributed by atoms with E-state index in [-0.39, 0.29) is 6.61 Å². The van der Waals surface area contributed by atoms with E-state index in [0.717, 1.165) is 17.0 Å². The van der Waals surface area contributed by atoms with Crippen LogP contribution in [0, 0.1) is 20.8 Å². The van der Waals surface area contributed by atoms with Crippen LogP contribution in [0.3, 0.4) is 0 Å². The number of hydrogen-bond acceptors (Lipinski definition) is 3. The first-order valence-electron chi connectivity index (χ1n) is 6.54. The van der Waals surface area contributed by atoms with Crippen molar-refractivity contribution in [3.8, 4) is 5.75 Å². The van der Waals surface area contributed by atoms with Crippen molar-refractivity contribution < 1.29 is 9.84 Å². The van der Waals surface area contributed by atoms with Gasteiger partial charge in [0.15, 0.2) is 0 Å². The van der Waals surface area contributed by atoms with Crippen molar-refractivity contribution in [1.29, 1.82) is 0 Å². The minimum absolute atomic E-state index is 0.221. The predicted octanol–water partition coefficient (Wildman–Crippen LogP) is 2.90. The van der Waals surface area contributed by atoms with E-state index in [2.05, 4.69) is 5.10 Å². The van der Waals surface area contributed by atoms with Gasteiger partial charge in [0.1, 0.15) is 18.5 Å². The van der Waals surface area contributed by atoms with Gasteiger partial charge in [0.25, 0.3) is 0 Å². The topological polar surface area (TPSA) is 47.3 Å². The van der Waals surface area contributed by atoms with E-state index in [1.165, 1.54) is 0 Å². The smallest absolute Gasteiger partial charge is 0.119 e. The number of aromatic nitrogens is 2. The van der Waals surface area contributed by atoms with Gasteiger partial charge in [-0.2, -0.15) is 5.10 Å². The molecule has 0 spiro atoms. The fourth-order valence-corrected chi connectivity index (χ4v) is 2.07. The lowest BCUT2D eigenvalue weighted by atomic mass is 10.2. The number of nitrogens with zero attached hydrogens (tertiary/aromatic N) is 2. The zero-order valence-corrected chi connectivity index (χ0v) is 12.7. The fourth-order valence-electron chi connectivity index (χ4n) is 1.94. The largest absolute Gasteiger partial charge is 0.491 e. The summed E-state index contributed by atoms with van der Waals surface area (Å²) in [6, 6.07) is 7.08. The zero-order valence-electron chi connectivity index (χ0n) is 11.9. The first-order valence-corrected chi connectivity index (χ1v) is 6.92. The molecule has 0 aliphatic rings. The number of hydrogen-bond donors (Lipinski definition) is 1. The van der Waals surface area contributed by atoms with Crippen molar-refractivity contribution in [2.75, 3.05) is 6.61 Å². The third kappa shape index (κ3) is 3.52. The van der Waals surface area contributed by atoms with E-state index in [4.69, 9.17) is 16.3 Å². The van der Waals surface area contributed by atoms with Crippen LogP contribution in [0.1, 0.15) is 17.0 Å². The Morgan fingerprint density at radius 3 is 2.45 bits per heavy atom. The Morgan fingerprint density at radius 2 is 1.90 bits per heavy atom. The molecule has 4 nitrogen and oxygen atoms in total. The van der Waals surface area contributed by atoms with Crippen molar-refractivity contribution in [2.45, 2.75) is 33.4 Å². The molecule has 2 rings (SSSR count). The molecule has 5 heteroatoms. The molecule has 0 fully saturated rings. The SMILES string of the molecule is Cc1nn(C[C@H](O)COc2ccc(Cl)cc2)c(C)c1C. The standard InChI is InChI=1S/C15H19ClN2O2/c1-10-11(2)17-18(12(10)3)8-14(19)9-20-15-6-4-13(16)5-7-15/h4-7,14,19H,8-9H2,1-3H3/t14-/m0/s1. The summed E-state index contributed by atoms with van der Waals surface area (Å²) in [6.45, 7) is 6.65. The predicted molar refractivity (Wildman–Crippen MR) is 79.4 cm³/mol. The summed E-state index contributed by atoms with van der Waals surface area (Å²) in [5.74, 6) is 0.693. The third-order valence-corrected chi connectivity index (χ3v) is 3.63. The molecule has 1 aromatic heterocycles. The molecule has 0 bridgehead atoms. The van der Waals surface area contributed by atoms with Gasteiger partial charge in [0, 0.05) is 10.7 Å². The quantitative estimate of drug-likeness (QED) is 0.922. The van der Waals surface area contributed by atoms with E-state index in [1.807, 2.05) is 25.5 Å². The minimum atomic E-state index is -0.608. The molecular weight excluding hydrogens is 276 g/mol. The number of halogens is 1. The number of rotatable bonds is 5. The summed E-state index contributed by atoms with van der Waals surface area (Å²) in [5, 5.41) is 15.1. The molecule has 0 unspecified atom stereocenters. The van der Waals surface area contributed by atoms with Crippen molar-refractivity contribution in [3.05, 3.63) is 46.2 Å². The Hall–Kier alpha value is -1.52. The van der Waals surface area contributed by atoms with Gasteiger partial charge in [0.2, 0.25) is 0 Å². The lowest BCUT2D eigenvalue weighted by Crippen LogP contribution is -2.24. The number of aliphatic hydroxyl groups is 1. The molecule has 20 heavy (non-hydrogen) atoms. The summed E-state index contributed by atoms with van der Waals surface area (Å²) >= 11 is 5.80. The highest BCUT2D eigenvalue weighted by atomic mass is 35.5. The first-order chi connectivity index (χ1) is 9.47. The molecule has 1 atom stereocenters. The lowest BCUT2D eigenvalue weighted by Gasteiger charge is -2.13. The Balaban J connectivity index is 1.90. The van der Waals surface area contributed by atoms with Crippen LogP contribution >= 0.6 is 11.6 Å². The second-order valence-electron chi connectivity index (χ2n) is 4.90. The third-order valence-electron chi connectivity index (χ3n) is 3.38. The zero-order chi connectivity index (χ0) is 14.7. The Kier molecular flexibility index (Phi) is 4.68. The van der Waals surface area contributed by atoms with Crippen LogP contribution in [0.4, 0.5) is 0 Å². The average Bonchev–Trinajstić information content (AvgIpc) is 2.66. The molecule has 1 N–H and O–H groups in total. The van der Waals surface area contributed by atoms with Gasteiger partial charge in [-0.05, 0) is 50.6 Å². The minimum Gasteiger partial charge on any atom is -0.491 e. The molecule has 0 saturated carbocycles. The van der Waals surface area contributed by atoms with Crippen LogP contribution in [-0.2, 0) is 6.54 Å². The van der Waals surface area contributed by atoms with Gasteiger partial charge in [-0.3, -0.25) is 4.68 Å². The Bertz CT molecular complexity index is 578. The maximum atomic E-state index is 10.0. The molecule has 0 amide bonds. The number of aliphatic hydroxyl groups excluding tert-OH is 1. The molecule has 0 radical (unpaired) electrons. The highest BCUT2D eigenvalue weighted by molar-refractivity contribution is 6.30. The van der Waals surface area contributed by atoms with Gasteiger partial charge in [-0.15, -0.1) is 0 Å². The summed E-state index contributed by atoms with van der Waals surface area (Å²) < 4.78 is 7.34. The van der Waals surface area contributed by atoms with Crippen LogP contribution in [-0.4, -0.2) is 27.6 Å². The summed E-state index contributed by atoms with van der Waals surface area (Å²) in [5.41, 5.74) is 3.23. The van der Waals surface area contributed by atoms with Gasteiger partial charge in [-0.25, -0.2) is 0 Å². The van der Waals surface area contributed by atoms with E-state index in [9.17, 15) is 5.11 Å². The number of benzene rings is 1. The molecule has 1 heterocycles. The highest BCUT2D eigenvalue weighted by Crippen LogP contribution is 2.16. The number of aryl methyl sites for hydroxylation is 1. The van der Waals surface area contributed by atoms with Gasteiger partial charge >= 0.3 is 0 Å². The second kappa shape index (κ2) is 6.29. The molecule has 0 saturated heterocycles. The van der Waals surface area contributed by atoms with Crippen LogP contribution in [0.5, 0.6) is 5.75 Å². The summed E-state index contributed by atoms with van der Waals surface area (Å²) in [7, 11) is 0. The van der Waals surface area contributed by atoms with E-state index in [1.54, 1.807) is 24.3 Å². The van der Waals surface area contributed by atoms with Crippen LogP contribution in [0.2, 0.25) is 5.02 Å². The molecule has 1 aromatic carbocycles. The highest BCUT2D eigenvalue weighted by Gasteiger charge is 2.12. The average molecular weight is 295 g/mol. The van der Waals surface area contributed by atoms with Crippen molar-refractivity contribution in [2.24, 2.45) is 0 Å². The molecule has 0 aliphatic heterocycles. The summed E-state index contributed by atoms with van der Waals surface area (Å²) in [4.78, 5) is 0. The Labute approximate surface area is 123 Å². The molecule has 0 aliphatic carbocycles. The van der Waals surface area contributed by atoms with Crippen LogP contribution in [0.25, 0.3) is 0 Å². The van der Waals surface area contributed by atoms with Crippen molar-refractivity contribution in [3.63, 3.8) is 0 Å². The van der Waals surface area contributed by atoms with Crippen LogP contribution < -0.4 is 4.74 Å². The van der Waals surface area contributed by atoms with E-state index in [0.29, 0.717) is 17.3 Å². The normalized spacial score (nSPS) is 12.4. The van der Waals surface area contributed by atoms with Gasteiger partial charge in [0.05, 0.1) is 12.2 Å². The summed E-state index contributed by atoms with van der Waals surface area (Å²) in [6.07, 6.45) is -0.608.